The third-order valence-corrected chi connectivity index (χ3v) is 4.70. The molecule has 1 unspecified atom stereocenters. The van der Waals surface area contributed by atoms with E-state index < -0.39 is 12.0 Å². The minimum atomic E-state index is -4.54. The number of aromatic nitrogens is 3. The van der Waals surface area contributed by atoms with Gasteiger partial charge in [0.15, 0.2) is 5.82 Å². The third kappa shape index (κ3) is 2.88. The molecule has 2 aliphatic rings. The number of halogens is 3. The first kappa shape index (κ1) is 16.1. The normalized spacial score (nSPS) is 20.1. The molecule has 0 aliphatic carbocycles. The predicted molar refractivity (Wildman–Crippen MR) is 81.2 cm³/mol. The lowest BCUT2D eigenvalue weighted by molar-refractivity contribution is -0.148. The van der Waals surface area contributed by atoms with Crippen LogP contribution >= 0.6 is 0 Å². The van der Waals surface area contributed by atoms with Gasteiger partial charge < -0.3 is 14.8 Å². The van der Waals surface area contributed by atoms with Crippen LogP contribution in [0.4, 0.5) is 13.2 Å². The molecule has 0 saturated heterocycles. The van der Waals surface area contributed by atoms with E-state index in [1.165, 1.54) is 5.56 Å². The van der Waals surface area contributed by atoms with E-state index in [-0.39, 0.29) is 37.4 Å². The molecule has 0 spiro atoms. The number of amides is 1. The Balaban J connectivity index is 1.49. The van der Waals surface area contributed by atoms with Gasteiger partial charge in [-0.25, -0.2) is 0 Å². The maximum absolute atomic E-state index is 12.9. The van der Waals surface area contributed by atoms with Crippen LogP contribution in [0.5, 0.6) is 0 Å². The molecule has 0 bridgehead atoms. The van der Waals surface area contributed by atoms with Gasteiger partial charge in [0.05, 0.1) is 12.6 Å². The predicted octanol–water partition coefficient (Wildman–Crippen LogP) is 1.35. The van der Waals surface area contributed by atoms with Crippen LogP contribution in [0, 0.1) is 0 Å². The lowest BCUT2D eigenvalue weighted by Gasteiger charge is -2.33. The Morgan fingerprint density at radius 3 is 2.68 bits per heavy atom. The number of benzene rings is 1. The van der Waals surface area contributed by atoms with Crippen molar-refractivity contribution in [2.75, 3.05) is 6.54 Å². The van der Waals surface area contributed by atoms with Crippen molar-refractivity contribution in [1.29, 1.82) is 0 Å². The van der Waals surface area contributed by atoms with Gasteiger partial charge in [-0.05, 0) is 17.5 Å². The molecular formula is C16H16F3N5O. The summed E-state index contributed by atoms with van der Waals surface area (Å²) in [6.07, 6.45) is -3.96. The lowest BCUT2D eigenvalue weighted by Crippen LogP contribution is -2.51. The number of nitrogens with one attached hydrogen (secondary N) is 1. The number of fused-ring (bicyclic) bond motifs is 2. The Kier molecular flexibility index (Phi) is 3.75. The lowest BCUT2D eigenvalue weighted by atomic mass is 9.95. The van der Waals surface area contributed by atoms with Gasteiger partial charge >= 0.3 is 6.18 Å². The van der Waals surface area contributed by atoms with Crippen molar-refractivity contribution in [3.8, 4) is 0 Å². The van der Waals surface area contributed by atoms with Crippen LogP contribution in [0.2, 0.25) is 0 Å². The second-order valence-electron chi connectivity index (χ2n) is 6.26. The van der Waals surface area contributed by atoms with Gasteiger partial charge in [-0.1, -0.05) is 24.3 Å². The van der Waals surface area contributed by atoms with Crippen molar-refractivity contribution in [3.05, 3.63) is 47.0 Å². The molecule has 132 valence electrons. The number of carbonyl (C=O) groups is 1. The largest absolute Gasteiger partial charge is 0.451 e. The summed E-state index contributed by atoms with van der Waals surface area (Å²) < 4.78 is 39.7. The molecule has 0 radical (unpaired) electrons. The second kappa shape index (κ2) is 5.83. The molecule has 9 heteroatoms. The van der Waals surface area contributed by atoms with Crippen LogP contribution in [0.15, 0.2) is 24.3 Å². The van der Waals surface area contributed by atoms with Gasteiger partial charge in [0.1, 0.15) is 0 Å². The van der Waals surface area contributed by atoms with Crippen molar-refractivity contribution in [1.82, 2.24) is 25.0 Å². The average molecular weight is 351 g/mol. The summed E-state index contributed by atoms with van der Waals surface area (Å²) in [5, 5.41) is 10.1. The smallest absolute Gasteiger partial charge is 0.332 e. The molecule has 2 aromatic rings. The van der Waals surface area contributed by atoms with Crippen molar-refractivity contribution >= 4 is 5.91 Å². The molecule has 0 fully saturated rings. The molecule has 25 heavy (non-hydrogen) atoms. The molecule has 1 aromatic heterocycles. The first-order chi connectivity index (χ1) is 11.9. The van der Waals surface area contributed by atoms with E-state index in [0.717, 1.165) is 10.1 Å². The summed E-state index contributed by atoms with van der Waals surface area (Å²) in [7, 11) is 0. The number of alkyl halides is 3. The van der Waals surface area contributed by atoms with E-state index in [1.54, 1.807) is 4.90 Å². The molecule has 2 aliphatic heterocycles. The standard InChI is InChI=1S/C16H16F3N5O/c17-16(18,19)15-22-21-13-9-23(5-6-24(13)15)14(25)12-7-10-3-1-2-4-11(10)8-20-12/h1-4,12,20H,5-9H2. The van der Waals surface area contributed by atoms with E-state index in [0.29, 0.717) is 13.0 Å². The van der Waals surface area contributed by atoms with Crippen LogP contribution < -0.4 is 5.32 Å². The summed E-state index contributed by atoms with van der Waals surface area (Å²) in [6.45, 7) is 0.912. The summed E-state index contributed by atoms with van der Waals surface area (Å²) in [4.78, 5) is 14.3. The molecule has 1 amide bonds. The summed E-state index contributed by atoms with van der Waals surface area (Å²) in [5.74, 6) is -0.945. The van der Waals surface area contributed by atoms with Gasteiger partial charge in [0.2, 0.25) is 11.7 Å². The fourth-order valence-electron chi connectivity index (χ4n) is 3.40. The van der Waals surface area contributed by atoms with E-state index in [9.17, 15) is 18.0 Å². The fraction of sp³-hybridized carbons (Fsp3) is 0.438. The molecule has 4 rings (SSSR count). The molecule has 0 saturated carbocycles. The Morgan fingerprint density at radius 1 is 1.16 bits per heavy atom. The number of hydrogen-bond acceptors (Lipinski definition) is 4. The van der Waals surface area contributed by atoms with E-state index in [2.05, 4.69) is 15.5 Å². The van der Waals surface area contributed by atoms with Crippen molar-refractivity contribution in [2.24, 2.45) is 0 Å². The van der Waals surface area contributed by atoms with Crippen molar-refractivity contribution in [2.45, 2.75) is 38.3 Å². The molecule has 1 aromatic carbocycles. The maximum Gasteiger partial charge on any atom is 0.451 e. The average Bonchev–Trinajstić information content (AvgIpc) is 3.04. The first-order valence-corrected chi connectivity index (χ1v) is 8.01. The Bertz CT molecular complexity index is 816. The number of hydrogen-bond donors (Lipinski definition) is 1. The second-order valence-corrected chi connectivity index (χ2v) is 6.26. The van der Waals surface area contributed by atoms with Crippen LogP contribution in [0.1, 0.15) is 22.8 Å². The van der Waals surface area contributed by atoms with Crippen LogP contribution in [0.3, 0.4) is 0 Å². The minimum Gasteiger partial charge on any atom is -0.332 e. The van der Waals surface area contributed by atoms with Gasteiger partial charge in [-0.15, -0.1) is 10.2 Å². The topological polar surface area (TPSA) is 63.1 Å². The van der Waals surface area contributed by atoms with Gasteiger partial charge in [-0.3, -0.25) is 4.79 Å². The van der Waals surface area contributed by atoms with E-state index >= 15 is 0 Å². The molecule has 3 heterocycles. The first-order valence-electron chi connectivity index (χ1n) is 8.01. The number of nitrogens with zero attached hydrogens (tertiary/aromatic N) is 4. The summed E-state index contributed by atoms with van der Waals surface area (Å²) >= 11 is 0. The van der Waals surface area contributed by atoms with E-state index in [4.69, 9.17) is 0 Å². The SMILES string of the molecule is O=C(C1Cc2ccccc2CN1)N1CCn2c(nnc2C(F)(F)F)C1. The highest BCUT2D eigenvalue weighted by Crippen LogP contribution is 2.29. The molecular weight excluding hydrogens is 335 g/mol. The molecule has 1 atom stereocenters. The highest BCUT2D eigenvalue weighted by molar-refractivity contribution is 5.82. The summed E-state index contributed by atoms with van der Waals surface area (Å²) in [5.41, 5.74) is 2.29. The molecule has 1 N–H and O–H groups in total. The maximum atomic E-state index is 12.9. The van der Waals surface area contributed by atoms with Crippen LogP contribution in [-0.4, -0.2) is 38.2 Å². The van der Waals surface area contributed by atoms with Crippen molar-refractivity contribution in [3.63, 3.8) is 0 Å². The fourth-order valence-corrected chi connectivity index (χ4v) is 3.40. The van der Waals surface area contributed by atoms with Gasteiger partial charge in [-0.2, -0.15) is 13.2 Å². The van der Waals surface area contributed by atoms with Gasteiger partial charge in [0, 0.05) is 19.6 Å². The Morgan fingerprint density at radius 2 is 1.92 bits per heavy atom. The van der Waals surface area contributed by atoms with E-state index in [1.807, 2.05) is 24.3 Å². The number of carbonyl (C=O) groups excluding carboxylic acids is 1. The highest BCUT2D eigenvalue weighted by Gasteiger charge is 2.40. The highest BCUT2D eigenvalue weighted by atomic mass is 19.4. The zero-order valence-corrected chi connectivity index (χ0v) is 13.3. The third-order valence-electron chi connectivity index (χ3n) is 4.70. The monoisotopic (exact) mass is 351 g/mol. The van der Waals surface area contributed by atoms with Gasteiger partial charge in [0.25, 0.3) is 0 Å². The number of rotatable bonds is 1. The zero-order chi connectivity index (χ0) is 17.6. The molecule has 6 nitrogen and oxygen atoms in total. The van der Waals surface area contributed by atoms with Crippen LogP contribution in [0.25, 0.3) is 0 Å². The Hall–Kier alpha value is -2.42. The quantitative estimate of drug-likeness (QED) is 0.843. The summed E-state index contributed by atoms with van der Waals surface area (Å²) in [6, 6.07) is 7.54. The zero-order valence-electron chi connectivity index (χ0n) is 13.3. The minimum absolute atomic E-state index is 0.0434. The van der Waals surface area contributed by atoms with Crippen molar-refractivity contribution < 1.29 is 18.0 Å². The Labute approximate surface area is 141 Å². The van der Waals surface area contributed by atoms with Crippen LogP contribution in [-0.2, 0) is 37.0 Å².